The zero-order valence-electron chi connectivity index (χ0n) is 15.2. The molecule has 3 rings (SSSR count). The summed E-state index contributed by atoms with van der Waals surface area (Å²) >= 11 is 0. The number of carbonyl (C=O) groups excluding carboxylic acids is 2. The van der Waals surface area contributed by atoms with E-state index in [0.29, 0.717) is 37.0 Å². The van der Waals surface area contributed by atoms with Crippen LogP contribution >= 0.6 is 0 Å². The Labute approximate surface area is 150 Å². The minimum absolute atomic E-state index is 0.0211. The maximum absolute atomic E-state index is 12.5. The smallest absolute Gasteiger partial charge is 0.253 e. The Balaban J connectivity index is 1.55. The van der Waals surface area contributed by atoms with Gasteiger partial charge in [-0.15, -0.1) is 0 Å². The lowest BCUT2D eigenvalue weighted by Gasteiger charge is -2.27. The number of hydrogen-bond acceptors (Lipinski definition) is 3. The fourth-order valence-corrected chi connectivity index (χ4v) is 4.49. The molecular formula is C20H29N3O2. The summed E-state index contributed by atoms with van der Waals surface area (Å²) in [5.74, 6) is 1.11. The van der Waals surface area contributed by atoms with E-state index in [0.717, 1.165) is 18.4 Å². The Morgan fingerprint density at radius 3 is 2.32 bits per heavy atom. The zero-order valence-corrected chi connectivity index (χ0v) is 15.2. The van der Waals surface area contributed by atoms with Crippen molar-refractivity contribution in [3.63, 3.8) is 0 Å². The normalized spacial score (nSPS) is 27.3. The number of carbonyl (C=O) groups is 2. The van der Waals surface area contributed by atoms with Crippen LogP contribution < -0.4 is 11.1 Å². The number of rotatable bonds is 6. The van der Waals surface area contributed by atoms with Gasteiger partial charge < -0.3 is 16.0 Å². The lowest BCUT2D eigenvalue weighted by Crippen LogP contribution is -2.45. The molecule has 2 fully saturated rings. The van der Waals surface area contributed by atoms with Gasteiger partial charge in [0, 0.05) is 31.2 Å². The Morgan fingerprint density at radius 2 is 1.76 bits per heavy atom. The maximum Gasteiger partial charge on any atom is 0.253 e. The van der Waals surface area contributed by atoms with Crippen molar-refractivity contribution in [2.75, 3.05) is 13.1 Å². The minimum atomic E-state index is -0.0257. The topological polar surface area (TPSA) is 75.4 Å². The van der Waals surface area contributed by atoms with Gasteiger partial charge in [0.1, 0.15) is 0 Å². The molecule has 0 heterocycles. The average Bonchev–Trinajstić information content (AvgIpc) is 3.22. The van der Waals surface area contributed by atoms with Gasteiger partial charge in [0.25, 0.3) is 5.91 Å². The fraction of sp³-hybridized carbons (Fsp3) is 0.600. The predicted octanol–water partition coefficient (Wildman–Crippen LogP) is 2.16. The third-order valence-electron chi connectivity index (χ3n) is 6.00. The average molecular weight is 343 g/mol. The third-order valence-corrected chi connectivity index (χ3v) is 6.00. The van der Waals surface area contributed by atoms with Crippen molar-refractivity contribution < 1.29 is 9.59 Å². The first-order valence-electron chi connectivity index (χ1n) is 9.46. The van der Waals surface area contributed by atoms with E-state index in [4.69, 9.17) is 5.73 Å². The highest BCUT2D eigenvalue weighted by molar-refractivity contribution is 5.94. The van der Waals surface area contributed by atoms with Gasteiger partial charge in [-0.1, -0.05) is 12.1 Å². The van der Waals surface area contributed by atoms with Gasteiger partial charge in [-0.3, -0.25) is 9.59 Å². The van der Waals surface area contributed by atoms with Crippen LogP contribution in [0.15, 0.2) is 24.3 Å². The number of amides is 2. The maximum atomic E-state index is 12.5. The molecule has 4 unspecified atom stereocenters. The molecule has 5 nitrogen and oxygen atoms in total. The molecule has 2 aliphatic rings. The Bertz CT molecular complexity index is 622. The molecule has 2 bridgehead atoms. The summed E-state index contributed by atoms with van der Waals surface area (Å²) in [5, 5.41) is 3.04. The fourth-order valence-electron chi connectivity index (χ4n) is 4.49. The first kappa shape index (κ1) is 17.9. The summed E-state index contributed by atoms with van der Waals surface area (Å²) in [7, 11) is 0. The SMILES string of the molecule is CCN(CC)C(=O)c1ccc(CNC(=O)C2C3CCC(C3)C2N)cc1. The molecule has 0 aliphatic heterocycles. The van der Waals surface area contributed by atoms with Crippen molar-refractivity contribution in [3.05, 3.63) is 35.4 Å². The summed E-state index contributed by atoms with van der Waals surface area (Å²) in [4.78, 5) is 26.6. The molecule has 2 saturated carbocycles. The first-order chi connectivity index (χ1) is 12.0. The lowest BCUT2D eigenvalue weighted by molar-refractivity contribution is -0.127. The molecule has 25 heavy (non-hydrogen) atoms. The Kier molecular flexibility index (Phi) is 5.42. The summed E-state index contributed by atoms with van der Waals surface area (Å²) in [6.07, 6.45) is 3.43. The monoisotopic (exact) mass is 343 g/mol. The molecule has 4 atom stereocenters. The molecule has 0 spiro atoms. The molecule has 5 heteroatoms. The van der Waals surface area contributed by atoms with Crippen LogP contribution in [0.5, 0.6) is 0 Å². The molecular weight excluding hydrogens is 314 g/mol. The van der Waals surface area contributed by atoms with Crippen LogP contribution in [0.25, 0.3) is 0 Å². The molecule has 136 valence electrons. The number of nitrogens with zero attached hydrogens (tertiary/aromatic N) is 1. The van der Waals surface area contributed by atoms with Crippen molar-refractivity contribution in [3.8, 4) is 0 Å². The van der Waals surface area contributed by atoms with Gasteiger partial charge in [0.05, 0.1) is 5.92 Å². The largest absolute Gasteiger partial charge is 0.352 e. The van der Waals surface area contributed by atoms with Gasteiger partial charge in [-0.2, -0.15) is 0 Å². The highest BCUT2D eigenvalue weighted by atomic mass is 16.2. The van der Waals surface area contributed by atoms with E-state index in [1.807, 2.05) is 38.1 Å². The van der Waals surface area contributed by atoms with Crippen molar-refractivity contribution in [1.29, 1.82) is 0 Å². The van der Waals surface area contributed by atoms with Crippen molar-refractivity contribution in [2.24, 2.45) is 23.5 Å². The second-order valence-electron chi connectivity index (χ2n) is 7.33. The van der Waals surface area contributed by atoms with Crippen LogP contribution in [-0.2, 0) is 11.3 Å². The van der Waals surface area contributed by atoms with Gasteiger partial charge in [0.2, 0.25) is 5.91 Å². The van der Waals surface area contributed by atoms with Crippen molar-refractivity contribution in [1.82, 2.24) is 10.2 Å². The zero-order chi connectivity index (χ0) is 18.0. The number of nitrogens with two attached hydrogens (primary N) is 1. The van der Waals surface area contributed by atoms with Crippen molar-refractivity contribution in [2.45, 2.75) is 45.7 Å². The van der Waals surface area contributed by atoms with E-state index in [9.17, 15) is 9.59 Å². The third kappa shape index (κ3) is 3.56. The van der Waals surface area contributed by atoms with Crippen LogP contribution in [-0.4, -0.2) is 35.8 Å². The standard InChI is InChI=1S/C20H29N3O2/c1-3-23(4-2)20(25)14-7-5-13(6-8-14)12-22-19(24)17-15-9-10-16(11-15)18(17)21/h5-8,15-18H,3-4,9-12,21H2,1-2H3,(H,22,24). The molecule has 2 amide bonds. The van der Waals surface area contributed by atoms with Crippen LogP contribution in [0.3, 0.4) is 0 Å². The number of benzene rings is 1. The summed E-state index contributed by atoms with van der Waals surface area (Å²) in [5.41, 5.74) is 7.93. The first-order valence-corrected chi connectivity index (χ1v) is 9.46. The number of hydrogen-bond donors (Lipinski definition) is 2. The number of nitrogens with one attached hydrogen (secondary N) is 1. The summed E-state index contributed by atoms with van der Waals surface area (Å²) in [6, 6.07) is 7.53. The molecule has 0 aromatic heterocycles. The summed E-state index contributed by atoms with van der Waals surface area (Å²) in [6.45, 7) is 5.85. The highest BCUT2D eigenvalue weighted by Crippen LogP contribution is 2.47. The molecule has 2 aliphatic carbocycles. The Morgan fingerprint density at radius 1 is 1.12 bits per heavy atom. The molecule has 1 aromatic carbocycles. The van der Waals surface area contributed by atoms with Crippen LogP contribution in [0, 0.1) is 17.8 Å². The second-order valence-corrected chi connectivity index (χ2v) is 7.33. The second kappa shape index (κ2) is 7.56. The predicted molar refractivity (Wildman–Crippen MR) is 97.8 cm³/mol. The van der Waals surface area contributed by atoms with Gasteiger partial charge >= 0.3 is 0 Å². The van der Waals surface area contributed by atoms with Crippen molar-refractivity contribution >= 4 is 11.8 Å². The van der Waals surface area contributed by atoms with Gasteiger partial charge in [0.15, 0.2) is 0 Å². The quantitative estimate of drug-likeness (QED) is 0.831. The highest BCUT2D eigenvalue weighted by Gasteiger charge is 2.48. The van der Waals surface area contributed by atoms with E-state index < -0.39 is 0 Å². The van der Waals surface area contributed by atoms with E-state index >= 15 is 0 Å². The molecule has 0 saturated heterocycles. The summed E-state index contributed by atoms with van der Waals surface area (Å²) < 4.78 is 0. The van der Waals surface area contributed by atoms with Crippen LogP contribution in [0.1, 0.15) is 49.0 Å². The van der Waals surface area contributed by atoms with E-state index in [-0.39, 0.29) is 23.8 Å². The van der Waals surface area contributed by atoms with E-state index in [1.54, 1.807) is 4.90 Å². The molecule has 0 radical (unpaired) electrons. The van der Waals surface area contributed by atoms with Gasteiger partial charge in [-0.25, -0.2) is 0 Å². The minimum Gasteiger partial charge on any atom is -0.352 e. The lowest BCUT2D eigenvalue weighted by atomic mass is 9.84. The number of fused-ring (bicyclic) bond motifs is 2. The van der Waals surface area contributed by atoms with E-state index in [2.05, 4.69) is 5.32 Å². The molecule has 3 N–H and O–H groups in total. The van der Waals surface area contributed by atoms with Crippen LogP contribution in [0.4, 0.5) is 0 Å². The molecule has 1 aromatic rings. The Hall–Kier alpha value is -1.88. The van der Waals surface area contributed by atoms with E-state index in [1.165, 1.54) is 6.42 Å². The van der Waals surface area contributed by atoms with Gasteiger partial charge in [-0.05, 0) is 62.6 Å². The van der Waals surface area contributed by atoms with Crippen LogP contribution in [0.2, 0.25) is 0 Å².